The second kappa shape index (κ2) is 7.37. The summed E-state index contributed by atoms with van der Waals surface area (Å²) in [5.41, 5.74) is 2.30. The van der Waals surface area contributed by atoms with E-state index in [1.54, 1.807) is 6.07 Å². The van der Waals surface area contributed by atoms with Crippen LogP contribution in [0.4, 0.5) is 24.7 Å². The van der Waals surface area contributed by atoms with Crippen LogP contribution in [-0.2, 0) is 6.18 Å². The van der Waals surface area contributed by atoms with Gasteiger partial charge in [0.15, 0.2) is 5.82 Å². The molecule has 27 heavy (non-hydrogen) atoms. The molecular weight excluding hydrogens is 398 g/mol. The van der Waals surface area contributed by atoms with E-state index in [0.29, 0.717) is 16.4 Å². The van der Waals surface area contributed by atoms with Gasteiger partial charge in [-0.05, 0) is 49.2 Å². The summed E-state index contributed by atoms with van der Waals surface area (Å²) in [7, 11) is 0. The summed E-state index contributed by atoms with van der Waals surface area (Å²) in [5.74, 6) is 0.650. The Morgan fingerprint density at radius 3 is 2.19 bits per heavy atom. The summed E-state index contributed by atoms with van der Waals surface area (Å²) in [6.45, 7) is 3.78. The van der Waals surface area contributed by atoms with Crippen molar-refractivity contribution in [2.24, 2.45) is 0 Å². The number of aromatic nitrogens is 2. The molecular formula is C19H14Cl2F3N3. The summed E-state index contributed by atoms with van der Waals surface area (Å²) in [6, 6.07) is 9.85. The molecule has 3 rings (SSSR count). The maximum absolute atomic E-state index is 12.7. The lowest BCUT2D eigenvalue weighted by Crippen LogP contribution is -2.04. The Hall–Kier alpha value is -2.31. The normalized spacial score (nSPS) is 11.5. The van der Waals surface area contributed by atoms with E-state index >= 15 is 0 Å². The zero-order valence-corrected chi connectivity index (χ0v) is 15.8. The van der Waals surface area contributed by atoms with Crippen molar-refractivity contribution >= 4 is 34.7 Å². The molecule has 3 nitrogen and oxygen atoms in total. The van der Waals surface area contributed by atoms with Crippen LogP contribution in [0, 0.1) is 13.8 Å². The molecule has 0 amide bonds. The number of halogens is 5. The van der Waals surface area contributed by atoms with Crippen molar-refractivity contribution in [3.63, 3.8) is 0 Å². The molecule has 0 atom stereocenters. The second-order valence-corrected chi connectivity index (χ2v) is 6.81. The Bertz CT molecular complexity index is 987. The lowest BCUT2D eigenvalue weighted by molar-refractivity contribution is -0.137. The number of alkyl halides is 3. The molecule has 1 heterocycles. The van der Waals surface area contributed by atoms with Crippen molar-refractivity contribution in [3.8, 4) is 11.4 Å². The van der Waals surface area contributed by atoms with Crippen LogP contribution in [-0.4, -0.2) is 9.97 Å². The second-order valence-electron chi connectivity index (χ2n) is 6.02. The number of hydrogen-bond donors (Lipinski definition) is 1. The molecule has 0 aliphatic carbocycles. The fourth-order valence-corrected chi connectivity index (χ4v) is 2.87. The standard InChI is InChI=1S/C19H14Cl2F3N3/c1-10-8-15(11(2)7-14(10)20)25-17-9-16(21)26-18(27-17)12-3-5-13(6-4-12)19(22,23)24/h3-9H,1-2H3,(H,25,26,27). The number of nitrogens with zero attached hydrogens (tertiary/aromatic N) is 2. The number of aryl methyl sites for hydroxylation is 2. The van der Waals surface area contributed by atoms with Crippen molar-refractivity contribution in [1.82, 2.24) is 9.97 Å². The highest BCUT2D eigenvalue weighted by molar-refractivity contribution is 6.31. The predicted octanol–water partition coefficient (Wildman–Crippen LogP) is 6.83. The van der Waals surface area contributed by atoms with Crippen LogP contribution in [0.25, 0.3) is 11.4 Å². The molecule has 0 spiro atoms. The van der Waals surface area contributed by atoms with E-state index in [1.807, 2.05) is 26.0 Å². The van der Waals surface area contributed by atoms with Crippen LogP contribution >= 0.6 is 23.2 Å². The topological polar surface area (TPSA) is 37.8 Å². The molecule has 0 unspecified atom stereocenters. The molecule has 2 aromatic carbocycles. The number of nitrogens with one attached hydrogen (secondary N) is 1. The van der Waals surface area contributed by atoms with Crippen LogP contribution in [0.1, 0.15) is 16.7 Å². The van der Waals surface area contributed by atoms with Crippen LogP contribution in [0.3, 0.4) is 0 Å². The predicted molar refractivity (Wildman–Crippen MR) is 102 cm³/mol. The lowest BCUT2D eigenvalue weighted by Gasteiger charge is -2.12. The van der Waals surface area contributed by atoms with E-state index in [9.17, 15) is 13.2 Å². The Balaban J connectivity index is 1.94. The van der Waals surface area contributed by atoms with E-state index in [-0.39, 0.29) is 11.0 Å². The highest BCUT2D eigenvalue weighted by Gasteiger charge is 2.30. The molecule has 0 saturated heterocycles. The highest BCUT2D eigenvalue weighted by Crippen LogP contribution is 2.31. The van der Waals surface area contributed by atoms with E-state index in [4.69, 9.17) is 23.2 Å². The van der Waals surface area contributed by atoms with Crippen LogP contribution < -0.4 is 5.32 Å². The summed E-state index contributed by atoms with van der Waals surface area (Å²) in [5, 5.41) is 3.98. The Kier molecular flexibility index (Phi) is 5.31. The minimum absolute atomic E-state index is 0.172. The highest BCUT2D eigenvalue weighted by atomic mass is 35.5. The van der Waals surface area contributed by atoms with Gasteiger partial charge >= 0.3 is 6.18 Å². The molecule has 0 saturated carbocycles. The zero-order valence-electron chi connectivity index (χ0n) is 14.3. The van der Waals surface area contributed by atoms with E-state index in [0.717, 1.165) is 28.9 Å². The molecule has 0 radical (unpaired) electrons. The number of hydrogen-bond acceptors (Lipinski definition) is 3. The monoisotopic (exact) mass is 411 g/mol. The van der Waals surface area contributed by atoms with Gasteiger partial charge in [-0.15, -0.1) is 0 Å². The number of anilines is 2. The quantitative estimate of drug-likeness (QED) is 0.479. The smallest absolute Gasteiger partial charge is 0.340 e. The van der Waals surface area contributed by atoms with Gasteiger partial charge in [0.2, 0.25) is 0 Å². The fourth-order valence-electron chi connectivity index (χ4n) is 2.47. The average Bonchev–Trinajstić information content (AvgIpc) is 2.58. The minimum atomic E-state index is -4.40. The van der Waals surface area contributed by atoms with Crippen LogP contribution in [0.2, 0.25) is 10.2 Å². The van der Waals surface area contributed by atoms with Gasteiger partial charge in [0.1, 0.15) is 11.0 Å². The molecule has 1 N–H and O–H groups in total. The Morgan fingerprint density at radius 1 is 0.889 bits per heavy atom. The first-order valence-corrected chi connectivity index (χ1v) is 8.65. The first-order valence-electron chi connectivity index (χ1n) is 7.89. The Labute approximate surface area is 164 Å². The molecule has 0 fully saturated rings. The molecule has 140 valence electrons. The average molecular weight is 412 g/mol. The van der Waals surface area contributed by atoms with Crippen LogP contribution in [0.5, 0.6) is 0 Å². The van der Waals surface area contributed by atoms with Crippen molar-refractivity contribution in [1.29, 1.82) is 0 Å². The SMILES string of the molecule is Cc1cc(Nc2cc(Cl)nc(-c3ccc(C(F)(F)F)cc3)n2)c(C)cc1Cl. The minimum Gasteiger partial charge on any atom is -0.340 e. The van der Waals surface area contributed by atoms with Gasteiger partial charge in [-0.1, -0.05) is 35.3 Å². The van der Waals surface area contributed by atoms with Crippen LogP contribution in [0.15, 0.2) is 42.5 Å². The number of rotatable bonds is 3. The van der Waals surface area contributed by atoms with Gasteiger partial charge < -0.3 is 5.32 Å². The Morgan fingerprint density at radius 2 is 1.56 bits per heavy atom. The maximum Gasteiger partial charge on any atom is 0.416 e. The molecule has 3 aromatic rings. The van der Waals surface area contributed by atoms with Crippen molar-refractivity contribution in [2.45, 2.75) is 20.0 Å². The van der Waals surface area contributed by atoms with Gasteiger partial charge in [0.25, 0.3) is 0 Å². The molecule has 1 aromatic heterocycles. The maximum atomic E-state index is 12.7. The number of benzene rings is 2. The van der Waals surface area contributed by atoms with Gasteiger partial charge in [-0.2, -0.15) is 13.2 Å². The first kappa shape index (κ1) is 19.5. The van der Waals surface area contributed by atoms with Gasteiger partial charge in [0.05, 0.1) is 5.56 Å². The first-order chi connectivity index (χ1) is 12.6. The third kappa shape index (κ3) is 4.51. The third-order valence-corrected chi connectivity index (χ3v) is 4.53. The molecule has 0 aliphatic heterocycles. The molecule has 0 bridgehead atoms. The van der Waals surface area contributed by atoms with Gasteiger partial charge in [-0.3, -0.25) is 0 Å². The summed E-state index contributed by atoms with van der Waals surface area (Å²) in [4.78, 5) is 8.47. The van der Waals surface area contributed by atoms with Crippen molar-refractivity contribution < 1.29 is 13.2 Å². The lowest BCUT2D eigenvalue weighted by atomic mass is 10.1. The largest absolute Gasteiger partial charge is 0.416 e. The summed E-state index contributed by atoms with van der Waals surface area (Å²) < 4.78 is 38.2. The van der Waals surface area contributed by atoms with Gasteiger partial charge in [-0.25, -0.2) is 9.97 Å². The third-order valence-electron chi connectivity index (χ3n) is 3.93. The molecule has 8 heteroatoms. The zero-order chi connectivity index (χ0) is 19.8. The fraction of sp³-hybridized carbons (Fsp3) is 0.158. The van der Waals surface area contributed by atoms with Crippen molar-refractivity contribution in [3.05, 3.63) is 69.3 Å². The van der Waals surface area contributed by atoms with Crippen molar-refractivity contribution in [2.75, 3.05) is 5.32 Å². The van der Waals surface area contributed by atoms with Gasteiger partial charge in [0, 0.05) is 22.3 Å². The van der Waals surface area contributed by atoms with E-state index in [2.05, 4.69) is 15.3 Å². The van der Waals surface area contributed by atoms with E-state index < -0.39 is 11.7 Å². The molecule has 0 aliphatic rings. The summed E-state index contributed by atoms with van der Waals surface area (Å²) >= 11 is 12.2. The van der Waals surface area contributed by atoms with E-state index in [1.165, 1.54) is 12.1 Å². The summed E-state index contributed by atoms with van der Waals surface area (Å²) in [6.07, 6.45) is -4.40.